The molecule has 0 atom stereocenters. The molecule has 1 rings (SSSR count). The molecule has 9 heteroatoms. The molecule has 12 heavy (non-hydrogen) atoms. The molecule has 6 nitrogen and oxygen atoms in total. The maximum atomic E-state index is 10.2. The predicted molar refractivity (Wildman–Crippen MR) is 59.3 cm³/mol. The van der Waals surface area contributed by atoms with Gasteiger partial charge in [-0.3, -0.25) is 15.0 Å². The Kier molecular flexibility index (Phi) is 11.1. The van der Waals surface area contributed by atoms with Crippen LogP contribution in [0.15, 0.2) is 14.4 Å². The van der Waals surface area contributed by atoms with E-state index in [9.17, 15) is 14.4 Å². The minimum absolute atomic E-state index is 0. The third kappa shape index (κ3) is 5.49. The van der Waals surface area contributed by atoms with Gasteiger partial charge in [-0.15, -0.1) is 50.9 Å². The van der Waals surface area contributed by atoms with E-state index < -0.39 is 17.1 Å². The average molecular weight is 372 g/mol. The quantitative estimate of drug-likeness (QED) is 0.572. The highest BCUT2D eigenvalue weighted by atomic mass is 79.9. The standard InChI is InChI=1S/C3H3N3O3.3BrH/c7-1-4-2(8)6-3(9)5-1;;;/h(H3,4,5,6,7,8,9);3*1H. The molecule has 3 N–H and O–H groups in total. The molecular weight excluding hydrogens is 366 g/mol. The number of aromatic nitrogens is 3. The summed E-state index contributed by atoms with van der Waals surface area (Å²) in [7, 11) is 0. The Hall–Kier alpha value is -0.150. The van der Waals surface area contributed by atoms with E-state index in [4.69, 9.17) is 0 Å². The Labute approximate surface area is 97.1 Å². The van der Waals surface area contributed by atoms with Gasteiger partial charge in [-0.25, -0.2) is 14.4 Å². The lowest BCUT2D eigenvalue weighted by Gasteiger charge is -1.77. The van der Waals surface area contributed by atoms with Crippen molar-refractivity contribution in [1.82, 2.24) is 15.0 Å². The van der Waals surface area contributed by atoms with Crippen LogP contribution < -0.4 is 17.1 Å². The van der Waals surface area contributed by atoms with Crippen molar-refractivity contribution in [2.24, 2.45) is 0 Å². The Morgan fingerprint density at radius 2 is 0.750 bits per heavy atom. The lowest BCUT2D eigenvalue weighted by atomic mass is 11.0. The van der Waals surface area contributed by atoms with E-state index in [1.807, 2.05) is 0 Å². The van der Waals surface area contributed by atoms with E-state index in [1.165, 1.54) is 0 Å². The maximum Gasteiger partial charge on any atom is 0.330 e. The van der Waals surface area contributed by atoms with Crippen molar-refractivity contribution in [3.63, 3.8) is 0 Å². The molecule has 1 aromatic rings. The fourth-order valence-electron chi connectivity index (χ4n) is 0.403. The Morgan fingerprint density at radius 3 is 0.917 bits per heavy atom. The Bertz CT molecular complexity index is 287. The highest BCUT2D eigenvalue weighted by Gasteiger charge is 1.84. The first-order valence-corrected chi connectivity index (χ1v) is 2.11. The zero-order valence-electron chi connectivity index (χ0n) is 5.45. The largest absolute Gasteiger partial charge is 0.330 e. The fraction of sp³-hybridized carbons (Fsp3) is 0. The van der Waals surface area contributed by atoms with Crippen LogP contribution in [-0.4, -0.2) is 15.0 Å². The molecular formula is C3H6Br3N3O3. The lowest BCUT2D eigenvalue weighted by Crippen LogP contribution is -2.34. The van der Waals surface area contributed by atoms with E-state index in [-0.39, 0.29) is 50.9 Å². The number of hydrogen-bond donors (Lipinski definition) is 3. The van der Waals surface area contributed by atoms with Crippen molar-refractivity contribution in [2.75, 3.05) is 0 Å². The first-order valence-electron chi connectivity index (χ1n) is 2.11. The smallest absolute Gasteiger partial charge is 0.259 e. The summed E-state index contributed by atoms with van der Waals surface area (Å²) in [5.41, 5.74) is -2.41. The molecule has 0 aliphatic rings. The van der Waals surface area contributed by atoms with Crippen LogP contribution >= 0.6 is 50.9 Å². The molecule has 72 valence electrons. The minimum Gasteiger partial charge on any atom is -0.259 e. The summed E-state index contributed by atoms with van der Waals surface area (Å²) >= 11 is 0. The summed E-state index contributed by atoms with van der Waals surface area (Å²) in [5.74, 6) is 0. The minimum atomic E-state index is -0.802. The third-order valence-electron chi connectivity index (χ3n) is 0.681. The third-order valence-corrected chi connectivity index (χ3v) is 0.681. The zero-order chi connectivity index (χ0) is 6.85. The molecule has 1 heterocycles. The molecule has 0 aliphatic carbocycles. The van der Waals surface area contributed by atoms with Gasteiger partial charge in [0, 0.05) is 0 Å². The van der Waals surface area contributed by atoms with Crippen LogP contribution in [0.5, 0.6) is 0 Å². The van der Waals surface area contributed by atoms with Crippen molar-refractivity contribution in [3.05, 3.63) is 31.5 Å². The van der Waals surface area contributed by atoms with Gasteiger partial charge in [0.1, 0.15) is 0 Å². The van der Waals surface area contributed by atoms with Gasteiger partial charge in [0.25, 0.3) is 0 Å². The summed E-state index contributed by atoms with van der Waals surface area (Å²) in [5, 5.41) is 0. The second-order valence-electron chi connectivity index (χ2n) is 1.36. The van der Waals surface area contributed by atoms with Crippen molar-refractivity contribution < 1.29 is 0 Å². The van der Waals surface area contributed by atoms with Gasteiger partial charge in [0.05, 0.1) is 0 Å². The van der Waals surface area contributed by atoms with Crippen molar-refractivity contribution in [2.45, 2.75) is 0 Å². The predicted octanol–water partition coefficient (Wildman–Crippen LogP) is -0.515. The van der Waals surface area contributed by atoms with Gasteiger partial charge in [0.15, 0.2) is 0 Å². The lowest BCUT2D eigenvalue weighted by molar-refractivity contribution is 0.888. The van der Waals surface area contributed by atoms with Crippen LogP contribution in [0.4, 0.5) is 0 Å². The van der Waals surface area contributed by atoms with Crippen molar-refractivity contribution in [1.29, 1.82) is 0 Å². The molecule has 0 aromatic carbocycles. The molecule has 0 saturated carbocycles. The summed E-state index contributed by atoms with van der Waals surface area (Å²) in [6.45, 7) is 0. The summed E-state index contributed by atoms with van der Waals surface area (Å²) in [6, 6.07) is 0. The Balaban J connectivity index is -0.000000270. The molecule has 0 bridgehead atoms. The number of aromatic amines is 3. The number of halogens is 3. The monoisotopic (exact) mass is 369 g/mol. The van der Waals surface area contributed by atoms with Gasteiger partial charge in [-0.05, 0) is 0 Å². The average Bonchev–Trinajstić information content (AvgIpc) is 1.59. The molecule has 0 unspecified atom stereocenters. The molecule has 1 aromatic heterocycles. The van der Waals surface area contributed by atoms with Crippen LogP contribution in [0.3, 0.4) is 0 Å². The second kappa shape index (κ2) is 7.50. The normalized spacial score (nSPS) is 7.00. The van der Waals surface area contributed by atoms with E-state index in [1.54, 1.807) is 15.0 Å². The van der Waals surface area contributed by atoms with E-state index >= 15 is 0 Å². The van der Waals surface area contributed by atoms with E-state index in [0.29, 0.717) is 0 Å². The molecule has 0 fully saturated rings. The first kappa shape index (κ1) is 17.8. The highest BCUT2D eigenvalue weighted by Crippen LogP contribution is 1.29. The second-order valence-corrected chi connectivity index (χ2v) is 1.36. The van der Waals surface area contributed by atoms with Gasteiger partial charge in [-0.1, -0.05) is 0 Å². The van der Waals surface area contributed by atoms with Crippen LogP contribution in [0.2, 0.25) is 0 Å². The van der Waals surface area contributed by atoms with Crippen LogP contribution in [0.1, 0.15) is 0 Å². The molecule has 0 aliphatic heterocycles. The van der Waals surface area contributed by atoms with Crippen LogP contribution in [0.25, 0.3) is 0 Å². The summed E-state index contributed by atoms with van der Waals surface area (Å²) < 4.78 is 0. The van der Waals surface area contributed by atoms with Crippen molar-refractivity contribution >= 4 is 50.9 Å². The molecule has 0 amide bonds. The fourth-order valence-corrected chi connectivity index (χ4v) is 0.403. The topological polar surface area (TPSA) is 98.6 Å². The maximum absolute atomic E-state index is 10.2. The summed E-state index contributed by atoms with van der Waals surface area (Å²) in [4.78, 5) is 35.9. The first-order chi connectivity index (χ1) is 4.18. The Morgan fingerprint density at radius 1 is 0.583 bits per heavy atom. The molecule has 0 saturated heterocycles. The number of nitrogens with one attached hydrogen (secondary N) is 3. The van der Waals surface area contributed by atoms with Gasteiger partial charge >= 0.3 is 17.1 Å². The zero-order valence-corrected chi connectivity index (χ0v) is 10.6. The number of H-pyrrole nitrogens is 3. The number of hydrogen-bond acceptors (Lipinski definition) is 3. The highest BCUT2D eigenvalue weighted by molar-refractivity contribution is 8.93. The molecule has 0 spiro atoms. The van der Waals surface area contributed by atoms with Crippen LogP contribution in [-0.2, 0) is 0 Å². The number of rotatable bonds is 0. The SMILES string of the molecule is Br.Br.Br.O=c1[nH]c(=O)[nH]c(=O)[nH]1. The van der Waals surface area contributed by atoms with E-state index in [2.05, 4.69) is 0 Å². The van der Waals surface area contributed by atoms with Gasteiger partial charge in [0.2, 0.25) is 0 Å². The van der Waals surface area contributed by atoms with Gasteiger partial charge < -0.3 is 0 Å². The van der Waals surface area contributed by atoms with E-state index in [0.717, 1.165) is 0 Å². The van der Waals surface area contributed by atoms with Crippen LogP contribution in [0, 0.1) is 0 Å². The summed E-state index contributed by atoms with van der Waals surface area (Å²) in [6.07, 6.45) is 0. The molecule has 0 radical (unpaired) electrons. The van der Waals surface area contributed by atoms with Gasteiger partial charge in [-0.2, -0.15) is 0 Å². The van der Waals surface area contributed by atoms with Crippen molar-refractivity contribution in [3.8, 4) is 0 Å².